The average Bonchev–Trinajstić information content (AvgIpc) is 1.57. The Bertz CT molecular complexity index is 4350. The minimum atomic E-state index is -0.423. The van der Waals surface area contributed by atoms with Gasteiger partial charge < -0.3 is 53.6 Å². The molecule has 117 heavy (non-hydrogen) atoms. The smallest absolute Gasteiger partial charge is 0.410 e. The third-order valence-corrected chi connectivity index (χ3v) is 30.8. The summed E-state index contributed by atoms with van der Waals surface area (Å²) in [5.74, 6) is 3.71. The van der Waals surface area contributed by atoms with Crippen LogP contribution < -0.4 is 24.5 Å². The molecule has 0 N–H and O–H groups in total. The first-order valence-corrected chi connectivity index (χ1v) is 46.5. The van der Waals surface area contributed by atoms with E-state index in [1.54, 1.807) is 16.0 Å². The van der Waals surface area contributed by atoms with Gasteiger partial charge in [-0.05, 0) is 293 Å². The average molecular weight is 1590 g/mol. The third kappa shape index (κ3) is 17.3. The van der Waals surface area contributed by atoms with Gasteiger partial charge in [-0.15, -0.1) is 0 Å². The summed E-state index contributed by atoms with van der Waals surface area (Å²) in [5.41, 5.74) is 17.0. The molecule has 16 aliphatic rings. The van der Waals surface area contributed by atoms with Gasteiger partial charge in [0.05, 0.1) is 6.61 Å². The summed E-state index contributed by atoms with van der Waals surface area (Å²) in [6.07, 6.45) is 29.3. The molecule has 16 nitrogen and oxygen atoms in total. The molecule has 6 aromatic rings. The van der Waals surface area contributed by atoms with E-state index in [1.807, 2.05) is 56.5 Å². The summed E-state index contributed by atoms with van der Waals surface area (Å²) in [5, 5.41) is 0. The fourth-order valence-corrected chi connectivity index (χ4v) is 23.5. The molecular formula is C101H137N11O5. The van der Waals surface area contributed by atoms with E-state index in [2.05, 4.69) is 186 Å². The highest BCUT2D eigenvalue weighted by Gasteiger charge is 2.66. The summed E-state index contributed by atoms with van der Waals surface area (Å²) in [6.45, 7) is 31.6. The lowest BCUT2D eigenvalue weighted by Crippen LogP contribution is -2.40. The van der Waals surface area contributed by atoms with Crippen molar-refractivity contribution in [1.29, 1.82) is 0 Å². The van der Waals surface area contributed by atoms with Gasteiger partial charge in [0.25, 0.3) is 0 Å². The number of hydrogen-bond donors (Lipinski definition) is 0. The second-order valence-corrected chi connectivity index (χ2v) is 40.1. The maximum atomic E-state index is 12.4. The molecule has 6 aromatic carbocycles. The summed E-state index contributed by atoms with van der Waals surface area (Å²) in [7, 11) is 3.68. The van der Waals surface area contributed by atoms with E-state index >= 15 is 0 Å². The van der Waals surface area contributed by atoms with Crippen LogP contribution in [0.4, 0.5) is 42.8 Å². The van der Waals surface area contributed by atoms with Crippen LogP contribution in [0, 0.1) is 29.6 Å². The first-order chi connectivity index (χ1) is 56.9. The Kier molecular flexibility index (Phi) is 23.0. The van der Waals surface area contributed by atoms with E-state index in [-0.39, 0.29) is 34.5 Å². The number of amides is 4. The minimum absolute atomic E-state index is 0.149. The minimum Gasteiger partial charge on any atom is -0.450 e. The molecule has 4 amide bonds. The first kappa shape index (κ1) is 80.1. The molecule has 10 unspecified atom stereocenters. The SMILES string of the molecule is CC(C)(C)OC(=O)N1CC2CC2(c2ccc(N3CCCCC3)cc2)C1.CCOC(=O)N1CC2CC2(c2ccc(N3CCCCC3)cc2)C1.CN(C)C(=O)N1CC2CC2(c2ccc(N3CCCCC3)cc2)C1.c1cc(C23CC2CN(C2CC2)C3)ccc1N1CCCCC1.c1ccc(CN2CC3CC3(c3ccc(N4CCCCC4)cc3)C2)cc1. The molecule has 10 atom stereocenters. The number of benzene rings is 6. The van der Waals surface area contributed by atoms with Crippen LogP contribution in [0.15, 0.2) is 152 Å². The van der Waals surface area contributed by atoms with Crippen molar-refractivity contribution < 1.29 is 23.9 Å². The number of carbonyl (C=O) groups is 3. The van der Waals surface area contributed by atoms with Crippen molar-refractivity contribution >= 4 is 46.7 Å². The number of nitrogens with zero attached hydrogens (tertiary/aromatic N) is 11. The third-order valence-electron chi connectivity index (χ3n) is 30.8. The highest BCUT2D eigenvalue weighted by molar-refractivity contribution is 5.75. The molecule has 6 saturated carbocycles. The molecular weight excluding hydrogens is 1450 g/mol. The number of likely N-dealkylation sites (tertiary alicyclic amines) is 5. The molecule has 6 aliphatic carbocycles. The lowest BCUT2D eigenvalue weighted by Gasteiger charge is -2.29. The lowest BCUT2D eigenvalue weighted by molar-refractivity contribution is 0.0270. The maximum absolute atomic E-state index is 12.4. The lowest BCUT2D eigenvalue weighted by atomic mass is 9.94. The molecule has 10 heterocycles. The van der Waals surface area contributed by atoms with Crippen LogP contribution in [0.2, 0.25) is 0 Å². The van der Waals surface area contributed by atoms with Gasteiger partial charge in [0.2, 0.25) is 0 Å². The van der Waals surface area contributed by atoms with E-state index in [1.165, 1.54) is 284 Å². The quantitative estimate of drug-likeness (QED) is 0.104. The number of fused-ring (bicyclic) bond motifs is 5. The Morgan fingerprint density at radius 2 is 0.675 bits per heavy atom. The van der Waals surface area contributed by atoms with Crippen LogP contribution in [-0.4, -0.2) is 211 Å². The predicted octanol–water partition coefficient (Wildman–Crippen LogP) is 18.4. The Hall–Kier alpha value is -7.95. The molecule has 16 heteroatoms. The van der Waals surface area contributed by atoms with Crippen molar-refractivity contribution in [3.05, 3.63) is 185 Å². The van der Waals surface area contributed by atoms with Gasteiger partial charge >= 0.3 is 18.2 Å². The number of urea groups is 1. The number of carbonyl (C=O) groups excluding carboxylic acids is 3. The molecule has 16 fully saturated rings. The van der Waals surface area contributed by atoms with Crippen LogP contribution in [0.5, 0.6) is 0 Å². The van der Waals surface area contributed by atoms with E-state index in [0.29, 0.717) is 35.2 Å². The fourth-order valence-electron chi connectivity index (χ4n) is 23.5. The highest BCUT2D eigenvalue weighted by atomic mass is 16.6. The second kappa shape index (κ2) is 33.6. The van der Waals surface area contributed by atoms with Crippen LogP contribution in [0.1, 0.15) is 202 Å². The molecule has 0 spiro atoms. The largest absolute Gasteiger partial charge is 0.450 e. The van der Waals surface area contributed by atoms with Crippen LogP contribution in [0.3, 0.4) is 0 Å². The van der Waals surface area contributed by atoms with Crippen LogP contribution in [0.25, 0.3) is 0 Å². The second-order valence-electron chi connectivity index (χ2n) is 40.1. The van der Waals surface area contributed by atoms with Crippen molar-refractivity contribution in [3.63, 3.8) is 0 Å². The van der Waals surface area contributed by atoms with Gasteiger partial charge in [-0.2, -0.15) is 0 Å². The Balaban J connectivity index is 0.000000101. The Morgan fingerprint density at radius 1 is 0.368 bits per heavy atom. The van der Waals surface area contributed by atoms with Gasteiger partial charge in [-0.25, -0.2) is 14.4 Å². The van der Waals surface area contributed by atoms with Gasteiger partial charge in [-0.1, -0.05) is 91.0 Å². The van der Waals surface area contributed by atoms with E-state index < -0.39 is 5.60 Å². The van der Waals surface area contributed by atoms with Crippen molar-refractivity contribution in [3.8, 4) is 0 Å². The van der Waals surface area contributed by atoms with E-state index in [4.69, 9.17) is 9.47 Å². The highest BCUT2D eigenvalue weighted by Crippen LogP contribution is 2.64. The summed E-state index contributed by atoms with van der Waals surface area (Å²) >= 11 is 0. The monoisotopic (exact) mass is 1580 g/mol. The van der Waals surface area contributed by atoms with Crippen LogP contribution in [-0.2, 0) is 43.1 Å². The van der Waals surface area contributed by atoms with Crippen molar-refractivity contribution in [2.24, 2.45) is 29.6 Å². The van der Waals surface area contributed by atoms with E-state index in [9.17, 15) is 14.4 Å². The zero-order valence-electron chi connectivity index (χ0n) is 72.0. The van der Waals surface area contributed by atoms with Gasteiger partial charge in [0, 0.05) is 213 Å². The molecule has 0 bridgehead atoms. The standard InChI is InChI=1S/C23H28N2.C21H30N2O2.C19H27N3O.C19H26N2O2.C19H26N2/c1-3-7-19(8-4-1)16-24-17-21-15-23(21,18-24)20-9-11-22(12-10-20)25-13-5-2-6-14-25;1-20(2,3)25-19(24)23-14-17-13-21(17,15-23)16-7-9-18(10-8-16)22-11-5-4-6-12-22;1-20(2)18(23)22-13-16-12-19(16,14-22)15-6-8-17(9-7-15)21-10-4-3-5-11-21;1-2-23-18(22)21-13-16-12-19(16,14-21)15-6-8-17(9-7-15)20-10-4-3-5-11-20;1-2-10-20(11-3-1)17-6-4-15(5-7-17)19-12-16(19)13-21(14-19)18-8-9-18/h1,3-4,7-12,21H,2,5-6,13-18H2;7-10,17H,4-6,11-15H2,1-3H3;6-9,16H,3-5,10-14H2,1-2H3;6-9,16H,2-5,10-14H2,1H3;4-7,16,18H,1-3,8-14H2. The summed E-state index contributed by atoms with van der Waals surface area (Å²) < 4.78 is 10.7. The van der Waals surface area contributed by atoms with Crippen molar-refractivity contribution in [2.75, 3.05) is 176 Å². The number of ether oxygens (including phenoxy) is 2. The van der Waals surface area contributed by atoms with E-state index in [0.717, 1.165) is 63.7 Å². The maximum Gasteiger partial charge on any atom is 0.410 e. The fraction of sp³-hybridized carbons (Fsp3) is 0.614. The van der Waals surface area contributed by atoms with Crippen molar-refractivity contribution in [1.82, 2.24) is 29.4 Å². The molecule has 626 valence electrons. The molecule has 22 rings (SSSR count). The molecule has 10 saturated heterocycles. The number of rotatable bonds is 14. The zero-order valence-corrected chi connectivity index (χ0v) is 72.0. The molecule has 0 aromatic heterocycles. The topological polar surface area (TPSA) is 105 Å². The van der Waals surface area contributed by atoms with Gasteiger partial charge in [-0.3, -0.25) is 9.80 Å². The first-order valence-electron chi connectivity index (χ1n) is 46.5. The number of anilines is 5. The number of piperidine rings is 10. The Morgan fingerprint density at radius 3 is 1.01 bits per heavy atom. The molecule has 10 aliphatic heterocycles. The zero-order chi connectivity index (χ0) is 80.1. The predicted molar refractivity (Wildman–Crippen MR) is 475 cm³/mol. The summed E-state index contributed by atoms with van der Waals surface area (Å²) in [6, 6.07) is 58.8. The normalized spacial score (nSPS) is 30.3. The van der Waals surface area contributed by atoms with Crippen LogP contribution >= 0.6 is 0 Å². The van der Waals surface area contributed by atoms with Crippen molar-refractivity contribution in [2.45, 2.75) is 214 Å². The van der Waals surface area contributed by atoms with Gasteiger partial charge in [0.1, 0.15) is 5.60 Å². The number of hydrogen-bond acceptors (Lipinski definition) is 12. The summed E-state index contributed by atoms with van der Waals surface area (Å²) in [4.78, 5) is 62.0. The molecule has 0 radical (unpaired) electrons. The Labute approximate surface area is 700 Å². The van der Waals surface area contributed by atoms with Gasteiger partial charge in [0.15, 0.2) is 0 Å².